The number of nitrogens with zero attached hydrogens (tertiary/aromatic N) is 4. The zero-order chi connectivity index (χ0) is 15.4. The smallest absolute Gasteiger partial charge is 0.160 e. The van der Waals surface area contributed by atoms with Crippen LogP contribution in [0, 0.1) is 6.92 Å². The molecular formula is C15H15N7. The lowest BCUT2D eigenvalue weighted by Crippen LogP contribution is -2.05. The summed E-state index contributed by atoms with van der Waals surface area (Å²) >= 11 is 0. The number of nitrogens with one attached hydrogen (secondary N) is 2. The number of aryl methyl sites for hydroxylation is 1. The van der Waals surface area contributed by atoms with E-state index in [0.717, 1.165) is 11.3 Å². The van der Waals surface area contributed by atoms with E-state index in [1.165, 1.54) is 6.33 Å². The van der Waals surface area contributed by atoms with Crippen LogP contribution in [-0.2, 0) is 0 Å². The van der Waals surface area contributed by atoms with Crippen LogP contribution in [0.15, 0.2) is 49.2 Å². The minimum Gasteiger partial charge on any atom is -0.393 e. The summed E-state index contributed by atoms with van der Waals surface area (Å²) in [6, 6.07) is 7.49. The molecule has 3 rings (SSSR count). The predicted molar refractivity (Wildman–Crippen MR) is 86.2 cm³/mol. The van der Waals surface area contributed by atoms with Gasteiger partial charge in [0.05, 0.1) is 0 Å². The van der Waals surface area contributed by atoms with Crippen LogP contribution < -0.4 is 16.4 Å². The molecule has 4 N–H and O–H groups in total. The van der Waals surface area contributed by atoms with Gasteiger partial charge < -0.3 is 16.4 Å². The fourth-order valence-electron chi connectivity index (χ4n) is 1.83. The summed E-state index contributed by atoms with van der Waals surface area (Å²) in [5, 5.41) is 6.22. The van der Waals surface area contributed by atoms with Crippen LogP contribution in [0.4, 0.5) is 28.8 Å². The standard InChI is InChI=1S/C15H15N7/c1-10-2-3-12(18-8-10)22-15-13(16)14(19-9-20-15)21-11-4-6-17-7-5-11/h2-9H,16H2,1H3,(H2,17,18,19,20,21,22). The van der Waals surface area contributed by atoms with E-state index >= 15 is 0 Å². The molecule has 0 spiro atoms. The van der Waals surface area contributed by atoms with Gasteiger partial charge in [0.2, 0.25) is 0 Å². The monoisotopic (exact) mass is 293 g/mol. The van der Waals surface area contributed by atoms with Gasteiger partial charge in [-0.15, -0.1) is 0 Å². The Labute approximate surface area is 127 Å². The molecule has 0 fully saturated rings. The Kier molecular flexibility index (Phi) is 3.78. The predicted octanol–water partition coefficient (Wildman–Crippen LogP) is 2.64. The van der Waals surface area contributed by atoms with Crippen LogP contribution in [0.25, 0.3) is 0 Å². The first-order valence-corrected chi connectivity index (χ1v) is 6.69. The summed E-state index contributed by atoms with van der Waals surface area (Å²) in [6.07, 6.45) is 6.59. The van der Waals surface area contributed by atoms with Crippen LogP contribution in [0.2, 0.25) is 0 Å². The highest BCUT2D eigenvalue weighted by atomic mass is 15.1. The quantitative estimate of drug-likeness (QED) is 0.679. The molecule has 0 amide bonds. The van der Waals surface area contributed by atoms with Crippen LogP contribution in [0.3, 0.4) is 0 Å². The number of nitrogen functional groups attached to an aromatic ring is 1. The van der Waals surface area contributed by atoms with Gasteiger partial charge >= 0.3 is 0 Å². The van der Waals surface area contributed by atoms with Crippen molar-refractivity contribution in [2.75, 3.05) is 16.4 Å². The first-order valence-electron chi connectivity index (χ1n) is 6.69. The molecule has 22 heavy (non-hydrogen) atoms. The molecule has 0 radical (unpaired) electrons. The van der Waals surface area contributed by atoms with Crippen molar-refractivity contribution in [2.24, 2.45) is 0 Å². The maximum Gasteiger partial charge on any atom is 0.160 e. The Morgan fingerprint density at radius 2 is 1.64 bits per heavy atom. The second kappa shape index (κ2) is 6.04. The summed E-state index contributed by atoms with van der Waals surface area (Å²) in [5.74, 6) is 1.70. The lowest BCUT2D eigenvalue weighted by Gasteiger charge is -2.12. The van der Waals surface area contributed by atoms with Gasteiger partial charge in [0.1, 0.15) is 17.8 Å². The van der Waals surface area contributed by atoms with Crippen molar-refractivity contribution in [2.45, 2.75) is 6.92 Å². The molecule has 0 saturated heterocycles. The Bertz CT molecular complexity index is 757. The molecule has 0 aromatic carbocycles. The lowest BCUT2D eigenvalue weighted by molar-refractivity contribution is 1.16. The molecule has 3 aromatic rings. The second-order valence-corrected chi connectivity index (χ2v) is 4.69. The van der Waals surface area contributed by atoms with Crippen LogP contribution in [0.5, 0.6) is 0 Å². The van der Waals surface area contributed by atoms with Crippen molar-refractivity contribution in [3.63, 3.8) is 0 Å². The highest BCUT2D eigenvalue weighted by molar-refractivity contribution is 5.79. The minimum absolute atomic E-state index is 0.418. The van der Waals surface area contributed by atoms with Gasteiger partial charge in [0.25, 0.3) is 0 Å². The first-order chi connectivity index (χ1) is 10.7. The van der Waals surface area contributed by atoms with Crippen molar-refractivity contribution >= 4 is 28.8 Å². The Hall–Kier alpha value is -3.22. The van der Waals surface area contributed by atoms with E-state index in [0.29, 0.717) is 23.1 Å². The summed E-state index contributed by atoms with van der Waals surface area (Å²) in [7, 11) is 0. The van der Waals surface area contributed by atoms with Gasteiger partial charge in [-0.05, 0) is 30.7 Å². The van der Waals surface area contributed by atoms with E-state index in [1.807, 2.05) is 31.2 Å². The van der Waals surface area contributed by atoms with E-state index in [4.69, 9.17) is 5.73 Å². The molecule has 3 aromatic heterocycles. The summed E-state index contributed by atoms with van der Waals surface area (Å²) < 4.78 is 0. The topological polar surface area (TPSA) is 102 Å². The van der Waals surface area contributed by atoms with Crippen LogP contribution >= 0.6 is 0 Å². The van der Waals surface area contributed by atoms with Crippen molar-refractivity contribution in [1.29, 1.82) is 0 Å². The first kappa shape index (κ1) is 13.7. The van der Waals surface area contributed by atoms with E-state index in [1.54, 1.807) is 18.6 Å². The maximum absolute atomic E-state index is 6.12. The zero-order valence-electron chi connectivity index (χ0n) is 12.0. The van der Waals surface area contributed by atoms with Gasteiger partial charge in [-0.1, -0.05) is 6.07 Å². The zero-order valence-corrected chi connectivity index (χ0v) is 12.0. The number of hydrogen-bond donors (Lipinski definition) is 3. The largest absolute Gasteiger partial charge is 0.393 e. The molecule has 7 nitrogen and oxygen atoms in total. The Balaban J connectivity index is 1.84. The third kappa shape index (κ3) is 3.09. The molecule has 0 unspecified atom stereocenters. The molecular weight excluding hydrogens is 278 g/mol. The molecule has 0 saturated carbocycles. The summed E-state index contributed by atoms with van der Waals surface area (Å²) in [4.78, 5) is 16.6. The number of hydrogen-bond acceptors (Lipinski definition) is 7. The fraction of sp³-hybridized carbons (Fsp3) is 0.0667. The molecule has 0 aliphatic carbocycles. The summed E-state index contributed by atoms with van der Waals surface area (Å²) in [6.45, 7) is 1.98. The van der Waals surface area contributed by atoms with Crippen LogP contribution in [0.1, 0.15) is 5.56 Å². The van der Waals surface area contributed by atoms with Crippen molar-refractivity contribution in [3.8, 4) is 0 Å². The van der Waals surface area contributed by atoms with Gasteiger partial charge in [-0.2, -0.15) is 0 Å². The Morgan fingerprint density at radius 1 is 0.909 bits per heavy atom. The highest BCUT2D eigenvalue weighted by Gasteiger charge is 2.09. The minimum atomic E-state index is 0.418. The molecule has 110 valence electrons. The van der Waals surface area contributed by atoms with Crippen molar-refractivity contribution in [1.82, 2.24) is 19.9 Å². The highest BCUT2D eigenvalue weighted by Crippen LogP contribution is 2.27. The third-order valence-corrected chi connectivity index (χ3v) is 2.98. The average molecular weight is 293 g/mol. The summed E-state index contributed by atoms with van der Waals surface area (Å²) in [5.41, 5.74) is 8.47. The number of rotatable bonds is 4. The van der Waals surface area contributed by atoms with Gasteiger partial charge in [0.15, 0.2) is 11.6 Å². The average Bonchev–Trinajstić information content (AvgIpc) is 2.54. The van der Waals surface area contributed by atoms with Gasteiger partial charge in [0, 0.05) is 24.3 Å². The van der Waals surface area contributed by atoms with Crippen LogP contribution in [-0.4, -0.2) is 19.9 Å². The number of anilines is 5. The van der Waals surface area contributed by atoms with E-state index < -0.39 is 0 Å². The number of nitrogens with two attached hydrogens (primary N) is 1. The third-order valence-electron chi connectivity index (χ3n) is 2.98. The lowest BCUT2D eigenvalue weighted by atomic mass is 10.3. The van der Waals surface area contributed by atoms with Gasteiger partial charge in [-0.25, -0.2) is 15.0 Å². The van der Waals surface area contributed by atoms with E-state index in [-0.39, 0.29) is 0 Å². The van der Waals surface area contributed by atoms with Gasteiger partial charge in [-0.3, -0.25) is 4.98 Å². The molecule has 7 heteroatoms. The molecule has 0 bridgehead atoms. The molecule has 3 heterocycles. The van der Waals surface area contributed by atoms with E-state index in [9.17, 15) is 0 Å². The normalized spacial score (nSPS) is 10.2. The molecule has 0 aliphatic heterocycles. The van der Waals surface area contributed by atoms with E-state index in [2.05, 4.69) is 30.6 Å². The molecule has 0 atom stereocenters. The maximum atomic E-state index is 6.12. The SMILES string of the molecule is Cc1ccc(Nc2ncnc(Nc3ccncc3)c2N)nc1. The van der Waals surface area contributed by atoms with Crippen molar-refractivity contribution < 1.29 is 0 Å². The molecule has 0 aliphatic rings. The number of pyridine rings is 2. The number of aromatic nitrogens is 4. The second-order valence-electron chi connectivity index (χ2n) is 4.69. The van der Waals surface area contributed by atoms with Crippen molar-refractivity contribution in [3.05, 3.63) is 54.7 Å². The fourth-order valence-corrected chi connectivity index (χ4v) is 1.83. The Morgan fingerprint density at radius 3 is 2.32 bits per heavy atom.